The van der Waals surface area contributed by atoms with Gasteiger partial charge in [-0.3, -0.25) is 14.4 Å². The van der Waals surface area contributed by atoms with Gasteiger partial charge in [-0.2, -0.15) is 0 Å². The number of quaternary nitrogens is 1. The number of piperazine rings is 1. The third kappa shape index (κ3) is 5.32. The third-order valence-corrected chi connectivity index (χ3v) is 6.04. The average molecular weight is 426 g/mol. The Kier molecular flexibility index (Phi) is 6.66. The number of hydrogen-bond donors (Lipinski definition) is 3. The van der Waals surface area contributed by atoms with Crippen LogP contribution in [-0.4, -0.2) is 61.4 Å². The van der Waals surface area contributed by atoms with Crippen molar-refractivity contribution in [3.05, 3.63) is 54.0 Å². The molecule has 164 valence electrons. The molecule has 3 N–H and O–H groups in total. The van der Waals surface area contributed by atoms with Gasteiger partial charge in [0.15, 0.2) is 12.3 Å². The summed E-state index contributed by atoms with van der Waals surface area (Å²) in [4.78, 5) is 40.5. The molecule has 0 bridgehead atoms. The van der Waals surface area contributed by atoms with Crippen LogP contribution in [0.15, 0.2) is 47.1 Å². The lowest BCUT2D eigenvalue weighted by molar-refractivity contribution is -0.895. The first-order valence-electron chi connectivity index (χ1n) is 11.0. The van der Waals surface area contributed by atoms with E-state index in [1.807, 2.05) is 6.07 Å². The van der Waals surface area contributed by atoms with Crippen molar-refractivity contribution in [2.24, 2.45) is 0 Å². The number of amides is 3. The minimum absolute atomic E-state index is 0.115. The second-order valence-corrected chi connectivity index (χ2v) is 8.24. The van der Waals surface area contributed by atoms with Gasteiger partial charge in [-0.05, 0) is 37.1 Å². The normalized spacial score (nSPS) is 17.5. The summed E-state index contributed by atoms with van der Waals surface area (Å²) in [6.07, 6.45) is 5.81. The van der Waals surface area contributed by atoms with Gasteiger partial charge in [0.25, 0.3) is 17.7 Å². The number of nitrogens with one attached hydrogen (secondary N) is 3. The van der Waals surface area contributed by atoms with E-state index in [2.05, 4.69) is 10.6 Å². The smallest absolute Gasteiger partial charge is 0.289 e. The van der Waals surface area contributed by atoms with Crippen molar-refractivity contribution in [1.82, 2.24) is 10.2 Å². The number of nitrogens with zero attached hydrogens (tertiary/aromatic N) is 1. The molecule has 1 aliphatic carbocycles. The van der Waals surface area contributed by atoms with Gasteiger partial charge in [0, 0.05) is 6.04 Å². The van der Waals surface area contributed by atoms with Crippen LogP contribution in [-0.2, 0) is 4.79 Å². The Morgan fingerprint density at radius 1 is 1.03 bits per heavy atom. The number of anilines is 1. The molecule has 0 radical (unpaired) electrons. The molecule has 2 fully saturated rings. The fourth-order valence-corrected chi connectivity index (χ4v) is 4.30. The van der Waals surface area contributed by atoms with Crippen molar-refractivity contribution in [2.75, 3.05) is 38.0 Å². The van der Waals surface area contributed by atoms with Crippen LogP contribution in [0.1, 0.15) is 46.6 Å². The first-order valence-corrected chi connectivity index (χ1v) is 11.0. The van der Waals surface area contributed by atoms with E-state index in [9.17, 15) is 14.4 Å². The van der Waals surface area contributed by atoms with E-state index in [-0.39, 0.29) is 23.8 Å². The predicted octanol–water partition coefficient (Wildman–Crippen LogP) is 0.931. The van der Waals surface area contributed by atoms with Crippen LogP contribution in [0.5, 0.6) is 0 Å². The summed E-state index contributed by atoms with van der Waals surface area (Å²) in [5, 5.41) is 5.98. The zero-order valence-electron chi connectivity index (χ0n) is 17.6. The maximum absolute atomic E-state index is 12.7. The number of benzene rings is 1. The maximum Gasteiger partial charge on any atom is 0.289 e. The van der Waals surface area contributed by atoms with E-state index in [0.29, 0.717) is 49.7 Å². The molecule has 8 nitrogen and oxygen atoms in total. The van der Waals surface area contributed by atoms with E-state index in [0.717, 1.165) is 30.6 Å². The van der Waals surface area contributed by atoms with Gasteiger partial charge in [0.2, 0.25) is 0 Å². The number of carbonyl (C=O) groups is 3. The van der Waals surface area contributed by atoms with Crippen LogP contribution in [0, 0.1) is 0 Å². The second-order valence-electron chi connectivity index (χ2n) is 8.24. The molecule has 0 unspecified atom stereocenters. The monoisotopic (exact) mass is 425 g/mol. The summed E-state index contributed by atoms with van der Waals surface area (Å²) in [5.74, 6) is -0.0495. The van der Waals surface area contributed by atoms with E-state index >= 15 is 0 Å². The SMILES string of the molecule is O=C(C[NH+]1CCN(C(=O)c2ccco2)CC1)Nc1ccccc1C(=O)NC1CCCC1. The van der Waals surface area contributed by atoms with Crippen molar-refractivity contribution in [2.45, 2.75) is 31.7 Å². The zero-order chi connectivity index (χ0) is 21.6. The van der Waals surface area contributed by atoms with Gasteiger partial charge in [0.1, 0.15) is 0 Å². The topological polar surface area (TPSA) is 96.1 Å². The lowest BCUT2D eigenvalue weighted by Crippen LogP contribution is -3.15. The second kappa shape index (κ2) is 9.78. The lowest BCUT2D eigenvalue weighted by Gasteiger charge is -2.31. The molecule has 1 aromatic carbocycles. The first kappa shape index (κ1) is 21.1. The molecule has 4 rings (SSSR count). The summed E-state index contributed by atoms with van der Waals surface area (Å²) in [7, 11) is 0. The highest BCUT2D eigenvalue weighted by molar-refractivity contribution is 6.04. The van der Waals surface area contributed by atoms with Crippen molar-refractivity contribution in [3.63, 3.8) is 0 Å². The molecule has 1 saturated carbocycles. The third-order valence-electron chi connectivity index (χ3n) is 6.04. The van der Waals surface area contributed by atoms with Crippen LogP contribution in [0.25, 0.3) is 0 Å². The molecule has 3 amide bonds. The van der Waals surface area contributed by atoms with Crippen molar-refractivity contribution < 1.29 is 23.7 Å². The van der Waals surface area contributed by atoms with Crippen molar-refractivity contribution >= 4 is 23.4 Å². The Morgan fingerprint density at radius 2 is 1.77 bits per heavy atom. The minimum Gasteiger partial charge on any atom is -0.459 e. The van der Waals surface area contributed by atoms with Crippen molar-refractivity contribution in [3.8, 4) is 0 Å². The van der Waals surface area contributed by atoms with Crippen LogP contribution < -0.4 is 15.5 Å². The molecule has 2 aliphatic rings. The van der Waals surface area contributed by atoms with Gasteiger partial charge in [-0.25, -0.2) is 0 Å². The Bertz CT molecular complexity index is 913. The molecular weight excluding hydrogens is 396 g/mol. The van der Waals surface area contributed by atoms with Crippen LogP contribution >= 0.6 is 0 Å². The highest BCUT2D eigenvalue weighted by Crippen LogP contribution is 2.20. The summed E-state index contributed by atoms with van der Waals surface area (Å²) < 4.78 is 5.18. The van der Waals surface area contributed by atoms with Crippen molar-refractivity contribution in [1.29, 1.82) is 0 Å². The Balaban J connectivity index is 1.28. The minimum atomic E-state index is -0.139. The molecule has 2 heterocycles. The number of hydrogen-bond acceptors (Lipinski definition) is 4. The van der Waals surface area contributed by atoms with E-state index in [1.54, 1.807) is 35.2 Å². The Hall–Kier alpha value is -3.13. The van der Waals surface area contributed by atoms with Crippen LogP contribution in [0.4, 0.5) is 5.69 Å². The highest BCUT2D eigenvalue weighted by atomic mass is 16.3. The lowest BCUT2D eigenvalue weighted by atomic mass is 10.1. The van der Waals surface area contributed by atoms with Gasteiger partial charge < -0.3 is 24.9 Å². The number of furan rings is 1. The standard InChI is InChI=1S/C23H28N4O4/c28-21(16-26-11-13-27(14-12-26)23(30)20-10-5-15-31-20)25-19-9-4-3-8-18(19)22(29)24-17-6-1-2-7-17/h3-5,8-10,15,17H,1-2,6-7,11-14,16H2,(H,24,29)(H,25,28)/p+1. The highest BCUT2D eigenvalue weighted by Gasteiger charge is 2.27. The van der Waals surface area contributed by atoms with E-state index < -0.39 is 0 Å². The Labute approximate surface area is 181 Å². The first-order chi connectivity index (χ1) is 15.1. The van der Waals surface area contributed by atoms with E-state index in [4.69, 9.17) is 4.42 Å². The zero-order valence-corrected chi connectivity index (χ0v) is 17.6. The summed E-state index contributed by atoms with van der Waals surface area (Å²) >= 11 is 0. The molecule has 8 heteroatoms. The Morgan fingerprint density at radius 3 is 2.48 bits per heavy atom. The number of para-hydroxylation sites is 1. The average Bonchev–Trinajstić information content (AvgIpc) is 3.48. The van der Waals surface area contributed by atoms with Crippen LogP contribution in [0.2, 0.25) is 0 Å². The molecular formula is C23H29N4O4+. The molecule has 1 saturated heterocycles. The van der Waals surface area contributed by atoms with Crippen LogP contribution in [0.3, 0.4) is 0 Å². The molecule has 0 spiro atoms. The van der Waals surface area contributed by atoms with Gasteiger partial charge in [-0.15, -0.1) is 0 Å². The number of rotatable bonds is 6. The fourth-order valence-electron chi connectivity index (χ4n) is 4.30. The molecule has 2 aromatic rings. The molecule has 31 heavy (non-hydrogen) atoms. The molecule has 0 atom stereocenters. The fraction of sp³-hybridized carbons (Fsp3) is 0.435. The summed E-state index contributed by atoms with van der Waals surface area (Å²) in [6, 6.07) is 10.7. The molecule has 1 aliphatic heterocycles. The quantitative estimate of drug-likeness (QED) is 0.642. The number of carbonyl (C=O) groups excluding carboxylic acids is 3. The largest absolute Gasteiger partial charge is 0.459 e. The van der Waals surface area contributed by atoms with Gasteiger partial charge >= 0.3 is 0 Å². The summed E-state index contributed by atoms with van der Waals surface area (Å²) in [6.45, 7) is 2.81. The van der Waals surface area contributed by atoms with E-state index in [1.165, 1.54) is 6.26 Å². The van der Waals surface area contributed by atoms with Gasteiger partial charge in [-0.1, -0.05) is 25.0 Å². The van der Waals surface area contributed by atoms with Gasteiger partial charge in [0.05, 0.1) is 43.7 Å². The predicted molar refractivity (Wildman–Crippen MR) is 115 cm³/mol. The maximum atomic E-state index is 12.7. The summed E-state index contributed by atoms with van der Waals surface area (Å²) in [5.41, 5.74) is 1.03. The molecule has 1 aromatic heterocycles.